The number of methoxy groups -OCH3 is 1. The van der Waals surface area contributed by atoms with Crippen molar-refractivity contribution in [3.05, 3.63) is 0 Å². The van der Waals surface area contributed by atoms with Crippen LogP contribution in [0, 0.1) is 0 Å². The van der Waals surface area contributed by atoms with Crippen LogP contribution in [-0.2, 0) is 9.47 Å². The Morgan fingerprint density at radius 3 is 2.62 bits per heavy atom. The Morgan fingerprint density at radius 2 is 2.00 bits per heavy atom. The molecule has 0 aliphatic heterocycles. The van der Waals surface area contributed by atoms with Crippen LogP contribution in [0.5, 0.6) is 0 Å². The molecule has 0 bridgehead atoms. The van der Waals surface area contributed by atoms with Crippen molar-refractivity contribution in [2.24, 2.45) is 0 Å². The van der Waals surface area contributed by atoms with E-state index in [1.165, 1.54) is 6.42 Å². The average molecular weight is 189 g/mol. The second kappa shape index (κ2) is 9.96. The van der Waals surface area contributed by atoms with Crippen molar-refractivity contribution in [1.29, 1.82) is 0 Å². The van der Waals surface area contributed by atoms with Gasteiger partial charge in [0.05, 0.1) is 6.61 Å². The molecule has 0 aromatic carbocycles. The topological polar surface area (TPSA) is 30.5 Å². The van der Waals surface area contributed by atoms with Crippen molar-refractivity contribution in [3.63, 3.8) is 0 Å². The van der Waals surface area contributed by atoms with Gasteiger partial charge in [0.15, 0.2) is 0 Å². The molecule has 0 saturated carbocycles. The molecule has 13 heavy (non-hydrogen) atoms. The lowest BCUT2D eigenvalue weighted by Crippen LogP contribution is -2.28. The monoisotopic (exact) mass is 189 g/mol. The van der Waals surface area contributed by atoms with Crippen LogP contribution in [0.3, 0.4) is 0 Å². The molecule has 80 valence electrons. The molecule has 0 radical (unpaired) electrons. The Balaban J connectivity index is 2.91. The first-order valence-electron chi connectivity index (χ1n) is 5.11. The van der Waals surface area contributed by atoms with Crippen LogP contribution in [0.1, 0.15) is 26.7 Å². The standard InChI is InChI=1S/C10H23NO2/c1-4-10(2)11-6-9-13-8-5-7-12-3/h10-11H,4-9H2,1-3H3. The van der Waals surface area contributed by atoms with Crippen molar-refractivity contribution >= 4 is 0 Å². The van der Waals surface area contributed by atoms with Crippen LogP contribution in [0.25, 0.3) is 0 Å². The molecule has 1 N–H and O–H groups in total. The second-order valence-electron chi connectivity index (χ2n) is 3.22. The minimum Gasteiger partial charge on any atom is -0.385 e. The van der Waals surface area contributed by atoms with Gasteiger partial charge in [-0.2, -0.15) is 0 Å². The van der Waals surface area contributed by atoms with E-state index in [1.807, 2.05) is 0 Å². The number of hydrogen-bond acceptors (Lipinski definition) is 3. The Labute approximate surface area is 81.8 Å². The van der Waals surface area contributed by atoms with Gasteiger partial charge in [-0.25, -0.2) is 0 Å². The van der Waals surface area contributed by atoms with E-state index in [2.05, 4.69) is 19.2 Å². The zero-order valence-corrected chi connectivity index (χ0v) is 9.14. The summed E-state index contributed by atoms with van der Waals surface area (Å²) in [5.41, 5.74) is 0. The summed E-state index contributed by atoms with van der Waals surface area (Å²) in [6, 6.07) is 0.600. The van der Waals surface area contributed by atoms with Crippen LogP contribution in [0.4, 0.5) is 0 Å². The van der Waals surface area contributed by atoms with Gasteiger partial charge >= 0.3 is 0 Å². The molecule has 0 saturated heterocycles. The summed E-state index contributed by atoms with van der Waals surface area (Å²) in [5.74, 6) is 0. The van der Waals surface area contributed by atoms with Crippen molar-refractivity contribution in [1.82, 2.24) is 5.32 Å². The van der Waals surface area contributed by atoms with Crippen LogP contribution in [0.15, 0.2) is 0 Å². The fourth-order valence-corrected chi connectivity index (χ4v) is 0.929. The molecule has 1 atom stereocenters. The average Bonchev–Trinajstić information content (AvgIpc) is 2.16. The minimum atomic E-state index is 0.600. The lowest BCUT2D eigenvalue weighted by Gasteiger charge is -2.10. The molecule has 0 spiro atoms. The lowest BCUT2D eigenvalue weighted by atomic mass is 10.3. The zero-order valence-electron chi connectivity index (χ0n) is 9.14. The van der Waals surface area contributed by atoms with E-state index in [0.717, 1.165) is 32.8 Å². The fraction of sp³-hybridized carbons (Fsp3) is 1.00. The normalized spacial score (nSPS) is 13.2. The highest BCUT2D eigenvalue weighted by molar-refractivity contribution is 4.55. The van der Waals surface area contributed by atoms with Gasteiger partial charge in [0.2, 0.25) is 0 Å². The van der Waals surface area contributed by atoms with Crippen LogP contribution < -0.4 is 5.32 Å². The minimum absolute atomic E-state index is 0.600. The fourth-order valence-electron chi connectivity index (χ4n) is 0.929. The van der Waals surface area contributed by atoms with Gasteiger partial charge in [0.1, 0.15) is 0 Å². The predicted octanol–water partition coefficient (Wildman–Crippen LogP) is 1.43. The highest BCUT2D eigenvalue weighted by Gasteiger charge is 1.95. The van der Waals surface area contributed by atoms with E-state index in [1.54, 1.807) is 7.11 Å². The summed E-state index contributed by atoms with van der Waals surface area (Å²) in [4.78, 5) is 0. The predicted molar refractivity (Wildman–Crippen MR) is 55.1 cm³/mol. The third-order valence-electron chi connectivity index (χ3n) is 1.99. The zero-order chi connectivity index (χ0) is 9.94. The Hall–Kier alpha value is -0.120. The van der Waals surface area contributed by atoms with E-state index < -0.39 is 0 Å². The van der Waals surface area contributed by atoms with Gasteiger partial charge in [0, 0.05) is 32.9 Å². The van der Waals surface area contributed by atoms with Crippen LogP contribution in [-0.4, -0.2) is 39.5 Å². The van der Waals surface area contributed by atoms with Gasteiger partial charge in [-0.3, -0.25) is 0 Å². The van der Waals surface area contributed by atoms with Gasteiger partial charge in [0.25, 0.3) is 0 Å². The third-order valence-corrected chi connectivity index (χ3v) is 1.99. The first-order valence-corrected chi connectivity index (χ1v) is 5.11. The first-order chi connectivity index (χ1) is 6.31. The largest absolute Gasteiger partial charge is 0.385 e. The maximum atomic E-state index is 5.39. The summed E-state index contributed by atoms with van der Waals surface area (Å²) in [5, 5.41) is 3.37. The van der Waals surface area contributed by atoms with E-state index in [4.69, 9.17) is 9.47 Å². The highest BCUT2D eigenvalue weighted by Crippen LogP contribution is 1.87. The molecule has 0 aromatic heterocycles. The van der Waals surface area contributed by atoms with Crippen molar-refractivity contribution in [2.75, 3.05) is 33.5 Å². The molecule has 0 fully saturated rings. The summed E-state index contributed by atoms with van der Waals surface area (Å²) in [6.07, 6.45) is 2.16. The maximum Gasteiger partial charge on any atom is 0.0591 e. The van der Waals surface area contributed by atoms with E-state index >= 15 is 0 Å². The lowest BCUT2D eigenvalue weighted by molar-refractivity contribution is 0.103. The Kier molecular flexibility index (Phi) is 9.87. The number of ether oxygens (including phenoxy) is 2. The summed E-state index contributed by atoms with van der Waals surface area (Å²) in [7, 11) is 1.71. The molecule has 3 heteroatoms. The molecular formula is C10H23NO2. The van der Waals surface area contributed by atoms with Gasteiger partial charge in [-0.15, -0.1) is 0 Å². The second-order valence-corrected chi connectivity index (χ2v) is 3.22. The molecule has 0 aromatic rings. The van der Waals surface area contributed by atoms with Gasteiger partial charge in [-0.1, -0.05) is 6.92 Å². The summed E-state index contributed by atoms with van der Waals surface area (Å²) >= 11 is 0. The number of nitrogens with one attached hydrogen (secondary N) is 1. The van der Waals surface area contributed by atoms with Gasteiger partial charge < -0.3 is 14.8 Å². The first kappa shape index (κ1) is 12.9. The van der Waals surface area contributed by atoms with E-state index in [9.17, 15) is 0 Å². The molecule has 0 heterocycles. The van der Waals surface area contributed by atoms with Crippen LogP contribution in [0.2, 0.25) is 0 Å². The molecule has 1 unspecified atom stereocenters. The molecule has 3 nitrogen and oxygen atoms in total. The smallest absolute Gasteiger partial charge is 0.0591 e. The van der Waals surface area contributed by atoms with Gasteiger partial charge in [-0.05, 0) is 19.8 Å². The number of hydrogen-bond donors (Lipinski definition) is 1. The van der Waals surface area contributed by atoms with Crippen molar-refractivity contribution in [2.45, 2.75) is 32.7 Å². The molecule has 0 aliphatic carbocycles. The Morgan fingerprint density at radius 1 is 1.23 bits per heavy atom. The third kappa shape index (κ3) is 9.80. The molecule has 0 amide bonds. The highest BCUT2D eigenvalue weighted by atomic mass is 16.5. The van der Waals surface area contributed by atoms with Crippen LogP contribution >= 0.6 is 0 Å². The molecule has 0 aliphatic rings. The quantitative estimate of drug-likeness (QED) is 0.557. The number of rotatable bonds is 9. The Bertz CT molecular complexity index is 98.9. The maximum absolute atomic E-state index is 5.39. The van der Waals surface area contributed by atoms with E-state index in [-0.39, 0.29) is 0 Å². The SMILES string of the molecule is CCC(C)NCCOCCCOC. The summed E-state index contributed by atoms with van der Waals surface area (Å²) < 4.78 is 10.3. The molecule has 0 rings (SSSR count). The van der Waals surface area contributed by atoms with E-state index in [0.29, 0.717) is 6.04 Å². The molecular weight excluding hydrogens is 166 g/mol. The van der Waals surface area contributed by atoms with Crippen molar-refractivity contribution in [3.8, 4) is 0 Å². The van der Waals surface area contributed by atoms with Crippen molar-refractivity contribution < 1.29 is 9.47 Å². The summed E-state index contributed by atoms with van der Waals surface area (Å²) in [6.45, 7) is 7.70.